The van der Waals surface area contributed by atoms with Crippen molar-refractivity contribution in [3.63, 3.8) is 0 Å². The van der Waals surface area contributed by atoms with Crippen LogP contribution in [0.2, 0.25) is 0 Å². The first-order valence-corrected chi connectivity index (χ1v) is 13.1. The number of amides is 2. The molecule has 1 saturated heterocycles. The molecule has 2 aromatic rings. The molecule has 0 saturated carbocycles. The molecule has 1 spiro atoms. The van der Waals surface area contributed by atoms with Crippen molar-refractivity contribution in [3.8, 4) is 5.75 Å². The zero-order chi connectivity index (χ0) is 24.3. The molecule has 1 atom stereocenters. The van der Waals surface area contributed by atoms with Gasteiger partial charge in [0.15, 0.2) is 0 Å². The molecule has 0 radical (unpaired) electrons. The Morgan fingerprint density at radius 1 is 1.06 bits per heavy atom. The summed E-state index contributed by atoms with van der Waals surface area (Å²) in [7, 11) is 0. The molecule has 1 fully saturated rings. The molecule has 0 N–H and O–H groups in total. The van der Waals surface area contributed by atoms with Gasteiger partial charge in [0.2, 0.25) is 10.8 Å². The van der Waals surface area contributed by atoms with E-state index < -0.39 is 10.4 Å². The summed E-state index contributed by atoms with van der Waals surface area (Å²) >= 11 is 1.42. The van der Waals surface area contributed by atoms with Crippen LogP contribution in [0.25, 0.3) is 5.57 Å². The number of unbranched alkanes of at least 4 members (excludes halogenated alkanes) is 1. The molecular weight excluding hydrogens is 444 g/mol. The molecule has 2 amide bonds. The van der Waals surface area contributed by atoms with Crippen LogP contribution in [0.15, 0.2) is 42.5 Å². The first-order chi connectivity index (χ1) is 16.2. The van der Waals surface area contributed by atoms with E-state index in [1.54, 1.807) is 4.90 Å². The van der Waals surface area contributed by atoms with Crippen molar-refractivity contribution in [1.82, 2.24) is 0 Å². The fourth-order valence-electron chi connectivity index (χ4n) is 5.59. The number of rotatable bonds is 6. The van der Waals surface area contributed by atoms with Gasteiger partial charge in [-0.3, -0.25) is 19.4 Å². The number of allylic oxidation sites excluding steroid dienone is 1. The number of fused-ring (bicyclic) bond motifs is 1. The molecule has 1 unspecified atom stereocenters. The standard InChI is InChI=1S/C28H32N2O3S/c1-6-8-9-19-10-12-20(13-11-19)29-24(31)17-34-28(29)23-15-21(33-7-2)14-22-18(3)16-27(4,5)30(25(22)23)26(28)32/h10-16H,6-9,17H2,1-5H3. The minimum atomic E-state index is -1.13. The Balaban J connectivity index is 1.70. The van der Waals surface area contributed by atoms with Crippen LogP contribution < -0.4 is 14.5 Å². The largest absolute Gasteiger partial charge is 0.494 e. The van der Waals surface area contributed by atoms with E-state index in [4.69, 9.17) is 4.74 Å². The summed E-state index contributed by atoms with van der Waals surface area (Å²) in [5.41, 5.74) is 5.39. The lowest BCUT2D eigenvalue weighted by Crippen LogP contribution is -2.54. The predicted molar refractivity (Wildman–Crippen MR) is 140 cm³/mol. The molecule has 178 valence electrons. The molecule has 34 heavy (non-hydrogen) atoms. The molecule has 3 aliphatic rings. The van der Waals surface area contributed by atoms with Gasteiger partial charge in [-0.1, -0.05) is 31.6 Å². The Labute approximate surface area is 206 Å². The molecule has 0 aromatic heterocycles. The van der Waals surface area contributed by atoms with E-state index >= 15 is 0 Å². The quantitative estimate of drug-likeness (QED) is 0.521. The Kier molecular flexibility index (Phi) is 5.55. The lowest BCUT2D eigenvalue weighted by molar-refractivity contribution is -0.124. The molecule has 2 aromatic carbocycles. The number of anilines is 2. The maximum absolute atomic E-state index is 14.4. The number of hydrogen-bond donors (Lipinski definition) is 0. The SMILES string of the molecule is CCCCc1ccc(N2C(=O)CSC23C(=O)N2c4c(cc(OCC)cc43)C(C)=CC2(C)C)cc1. The van der Waals surface area contributed by atoms with E-state index in [1.165, 1.54) is 17.3 Å². The molecule has 0 aliphatic carbocycles. The van der Waals surface area contributed by atoms with Crippen molar-refractivity contribution in [3.05, 3.63) is 59.2 Å². The third-order valence-electron chi connectivity index (χ3n) is 7.03. The van der Waals surface area contributed by atoms with Crippen LogP contribution >= 0.6 is 11.8 Å². The summed E-state index contributed by atoms with van der Waals surface area (Å²) in [5, 5.41) is 0. The maximum Gasteiger partial charge on any atom is 0.269 e. The normalized spacial score (nSPS) is 22.4. The van der Waals surface area contributed by atoms with E-state index in [0.717, 1.165) is 53.1 Å². The smallest absolute Gasteiger partial charge is 0.269 e. The molecule has 3 heterocycles. The molecule has 5 nitrogen and oxygen atoms in total. The summed E-state index contributed by atoms with van der Waals surface area (Å²) in [6.07, 6.45) is 5.43. The number of benzene rings is 2. The van der Waals surface area contributed by atoms with Gasteiger partial charge >= 0.3 is 0 Å². The Bertz CT molecular complexity index is 1200. The number of ether oxygens (including phenoxy) is 1. The van der Waals surface area contributed by atoms with Crippen LogP contribution in [-0.2, 0) is 20.9 Å². The number of thioether (sulfide) groups is 1. The zero-order valence-electron chi connectivity index (χ0n) is 20.6. The monoisotopic (exact) mass is 476 g/mol. The number of carbonyl (C=O) groups excluding carboxylic acids is 2. The second kappa shape index (κ2) is 8.19. The summed E-state index contributed by atoms with van der Waals surface area (Å²) in [6.45, 7) is 10.9. The van der Waals surface area contributed by atoms with Gasteiger partial charge in [0.05, 0.1) is 23.6 Å². The number of aryl methyl sites for hydroxylation is 1. The molecule has 0 bridgehead atoms. The van der Waals surface area contributed by atoms with Crippen molar-refractivity contribution < 1.29 is 14.3 Å². The van der Waals surface area contributed by atoms with E-state index in [1.807, 2.05) is 36.1 Å². The van der Waals surface area contributed by atoms with E-state index in [0.29, 0.717) is 6.61 Å². The van der Waals surface area contributed by atoms with E-state index in [9.17, 15) is 9.59 Å². The lowest BCUT2D eigenvalue weighted by Gasteiger charge is -2.40. The van der Waals surface area contributed by atoms with Crippen molar-refractivity contribution in [2.45, 2.75) is 64.3 Å². The average molecular weight is 477 g/mol. The summed E-state index contributed by atoms with van der Waals surface area (Å²) < 4.78 is 5.92. The zero-order valence-corrected chi connectivity index (χ0v) is 21.4. The number of carbonyl (C=O) groups is 2. The molecular formula is C28H32N2O3S. The highest BCUT2D eigenvalue weighted by atomic mass is 32.2. The van der Waals surface area contributed by atoms with Crippen molar-refractivity contribution in [1.29, 1.82) is 0 Å². The van der Waals surface area contributed by atoms with Gasteiger partial charge in [0, 0.05) is 16.8 Å². The minimum absolute atomic E-state index is 0.0439. The van der Waals surface area contributed by atoms with Crippen LogP contribution in [-0.4, -0.2) is 29.7 Å². The van der Waals surface area contributed by atoms with Crippen molar-refractivity contribution in [2.75, 3.05) is 22.2 Å². The topological polar surface area (TPSA) is 49.9 Å². The second-order valence-corrected chi connectivity index (χ2v) is 11.0. The summed E-state index contributed by atoms with van der Waals surface area (Å²) in [4.78, 5) is 30.2. The fraction of sp³-hybridized carbons (Fsp3) is 0.429. The number of nitrogens with zero attached hydrogens (tertiary/aromatic N) is 2. The van der Waals surface area contributed by atoms with Gasteiger partial charge in [0.25, 0.3) is 5.91 Å². The highest BCUT2D eigenvalue weighted by Crippen LogP contribution is 2.60. The van der Waals surface area contributed by atoms with Crippen LogP contribution in [0.1, 0.15) is 64.2 Å². The van der Waals surface area contributed by atoms with Gasteiger partial charge in [0.1, 0.15) is 5.75 Å². The Hall–Kier alpha value is -2.73. The van der Waals surface area contributed by atoms with E-state index in [2.05, 4.69) is 45.9 Å². The van der Waals surface area contributed by atoms with Crippen LogP contribution in [0.4, 0.5) is 11.4 Å². The highest BCUT2D eigenvalue weighted by molar-refractivity contribution is 8.02. The predicted octanol–water partition coefficient (Wildman–Crippen LogP) is 5.90. The van der Waals surface area contributed by atoms with Gasteiger partial charge < -0.3 is 4.74 Å². The minimum Gasteiger partial charge on any atom is -0.494 e. The summed E-state index contributed by atoms with van der Waals surface area (Å²) in [6, 6.07) is 12.2. The summed E-state index contributed by atoms with van der Waals surface area (Å²) in [5.74, 6) is 0.889. The van der Waals surface area contributed by atoms with Crippen molar-refractivity contribution >= 4 is 40.5 Å². The van der Waals surface area contributed by atoms with Crippen molar-refractivity contribution in [2.24, 2.45) is 0 Å². The Morgan fingerprint density at radius 2 is 1.79 bits per heavy atom. The van der Waals surface area contributed by atoms with Crippen LogP contribution in [0.5, 0.6) is 5.75 Å². The van der Waals surface area contributed by atoms with Gasteiger partial charge in [-0.05, 0) is 75.9 Å². The first-order valence-electron chi connectivity index (χ1n) is 12.2. The van der Waals surface area contributed by atoms with Crippen LogP contribution in [0, 0.1) is 0 Å². The second-order valence-electron chi connectivity index (χ2n) is 9.85. The maximum atomic E-state index is 14.4. The van der Waals surface area contributed by atoms with Gasteiger partial charge in [-0.2, -0.15) is 0 Å². The molecule has 5 rings (SSSR count). The third-order valence-corrected chi connectivity index (χ3v) is 8.42. The van der Waals surface area contributed by atoms with Gasteiger partial charge in [-0.15, -0.1) is 11.8 Å². The fourth-order valence-corrected chi connectivity index (χ4v) is 6.92. The average Bonchev–Trinajstić information content (AvgIpc) is 3.27. The highest BCUT2D eigenvalue weighted by Gasteiger charge is 2.64. The third kappa shape index (κ3) is 3.22. The van der Waals surface area contributed by atoms with Crippen LogP contribution in [0.3, 0.4) is 0 Å². The first kappa shape index (κ1) is 23.0. The van der Waals surface area contributed by atoms with E-state index in [-0.39, 0.29) is 17.6 Å². The lowest BCUT2D eigenvalue weighted by atomic mass is 9.89. The Morgan fingerprint density at radius 3 is 2.47 bits per heavy atom. The number of hydrogen-bond acceptors (Lipinski definition) is 4. The molecule has 3 aliphatic heterocycles. The molecule has 6 heteroatoms. The van der Waals surface area contributed by atoms with Gasteiger partial charge in [-0.25, -0.2) is 0 Å².